The number of carbonyl (C=O) groups is 5. The van der Waals surface area contributed by atoms with Crippen LogP contribution in [0.15, 0.2) is 0 Å². The molecule has 1 saturated heterocycles. The Hall–Kier alpha value is -2.73. The first-order valence-corrected chi connectivity index (χ1v) is 8.35. The van der Waals surface area contributed by atoms with Gasteiger partial charge in [-0.1, -0.05) is 0 Å². The summed E-state index contributed by atoms with van der Waals surface area (Å²) in [7, 11) is 0. The minimum Gasteiger partial charge on any atom is -0.463 e. The van der Waals surface area contributed by atoms with Crippen molar-refractivity contribution in [3.05, 3.63) is 0 Å². The number of nitrogens with one attached hydrogen (secondary N) is 1. The molecule has 1 fully saturated rings. The zero-order chi connectivity index (χ0) is 21.4. The molecule has 0 aromatic heterocycles. The Morgan fingerprint density at radius 2 is 1.39 bits per heavy atom. The number of esters is 4. The third-order valence-electron chi connectivity index (χ3n) is 3.50. The van der Waals surface area contributed by atoms with Gasteiger partial charge in [0.15, 0.2) is 12.2 Å². The van der Waals surface area contributed by atoms with E-state index in [0.717, 1.165) is 27.7 Å². The Morgan fingerprint density at radius 3 is 1.86 bits per heavy atom. The zero-order valence-electron chi connectivity index (χ0n) is 16.0. The standard InChI is InChI=1S/C16H24N2O10/c1-7(19)24-6-11-14(25-8(2)20)15(26-9(3)21)13(18-12(23)5-17)16(28-11)27-10(4)22/h11,13-16H,5-6,17H2,1-4H3,(H,18,23)/t11-,13-,14-,15-,16-/m1/s1. The Labute approximate surface area is 160 Å². The van der Waals surface area contributed by atoms with E-state index < -0.39 is 67.0 Å². The second kappa shape index (κ2) is 10.6. The largest absolute Gasteiger partial charge is 0.463 e. The molecule has 3 N–H and O–H groups in total. The van der Waals surface area contributed by atoms with Gasteiger partial charge in [0.1, 0.15) is 18.8 Å². The minimum absolute atomic E-state index is 0.389. The number of carbonyl (C=O) groups excluding carboxylic acids is 5. The maximum Gasteiger partial charge on any atom is 0.305 e. The number of ether oxygens (including phenoxy) is 5. The molecule has 0 aliphatic carbocycles. The third kappa shape index (κ3) is 7.12. The molecule has 0 bridgehead atoms. The van der Waals surface area contributed by atoms with Gasteiger partial charge < -0.3 is 34.7 Å². The molecule has 1 amide bonds. The number of rotatable bonds is 7. The van der Waals surface area contributed by atoms with Gasteiger partial charge in [0.05, 0.1) is 6.54 Å². The van der Waals surface area contributed by atoms with Crippen molar-refractivity contribution in [2.24, 2.45) is 5.73 Å². The molecule has 0 unspecified atom stereocenters. The first-order chi connectivity index (χ1) is 13.0. The highest BCUT2D eigenvalue weighted by atomic mass is 16.7. The summed E-state index contributed by atoms with van der Waals surface area (Å²) in [5.74, 6) is -3.56. The van der Waals surface area contributed by atoms with Crippen molar-refractivity contribution in [3.63, 3.8) is 0 Å². The van der Waals surface area contributed by atoms with Crippen LogP contribution in [0, 0.1) is 0 Å². The minimum atomic E-state index is -1.43. The van der Waals surface area contributed by atoms with E-state index in [2.05, 4.69) is 5.32 Å². The molecule has 12 heteroatoms. The maximum absolute atomic E-state index is 11.8. The number of hydrogen-bond donors (Lipinski definition) is 2. The summed E-state index contributed by atoms with van der Waals surface area (Å²) in [6.07, 6.45) is -5.15. The molecule has 12 nitrogen and oxygen atoms in total. The van der Waals surface area contributed by atoms with E-state index in [4.69, 9.17) is 29.4 Å². The van der Waals surface area contributed by atoms with Crippen LogP contribution in [0.2, 0.25) is 0 Å². The first-order valence-electron chi connectivity index (χ1n) is 8.35. The monoisotopic (exact) mass is 404 g/mol. The maximum atomic E-state index is 11.8. The van der Waals surface area contributed by atoms with E-state index in [-0.39, 0.29) is 6.61 Å². The van der Waals surface area contributed by atoms with Crippen molar-refractivity contribution in [1.82, 2.24) is 5.32 Å². The molecule has 0 saturated carbocycles. The molecule has 1 aliphatic rings. The molecule has 28 heavy (non-hydrogen) atoms. The Kier molecular flexibility index (Phi) is 8.79. The SMILES string of the molecule is CC(=O)OC[C@H]1O[C@@H](OC(C)=O)[C@H](NC(=O)CN)[C@@H](OC(C)=O)[C@@H]1OC(C)=O. The molecule has 0 aromatic rings. The first kappa shape index (κ1) is 23.3. The fraction of sp³-hybridized carbons (Fsp3) is 0.688. The van der Waals surface area contributed by atoms with E-state index >= 15 is 0 Å². The van der Waals surface area contributed by atoms with Gasteiger partial charge in [-0.3, -0.25) is 24.0 Å². The summed E-state index contributed by atoms with van der Waals surface area (Å²) in [5, 5.41) is 2.43. The molecule has 1 aliphatic heterocycles. The molecule has 0 spiro atoms. The highest BCUT2D eigenvalue weighted by Crippen LogP contribution is 2.28. The van der Waals surface area contributed by atoms with Gasteiger partial charge in [-0.25, -0.2) is 0 Å². The smallest absolute Gasteiger partial charge is 0.305 e. The van der Waals surface area contributed by atoms with Crippen molar-refractivity contribution < 1.29 is 47.7 Å². The quantitative estimate of drug-likeness (QED) is 0.360. The van der Waals surface area contributed by atoms with E-state index in [0.29, 0.717) is 0 Å². The van der Waals surface area contributed by atoms with E-state index in [9.17, 15) is 24.0 Å². The van der Waals surface area contributed by atoms with Gasteiger partial charge in [-0.05, 0) is 0 Å². The molecule has 1 rings (SSSR count). The predicted molar refractivity (Wildman–Crippen MR) is 89.2 cm³/mol. The highest BCUT2D eigenvalue weighted by molar-refractivity contribution is 5.78. The number of nitrogens with two attached hydrogens (primary N) is 1. The van der Waals surface area contributed by atoms with Gasteiger partial charge in [-0.2, -0.15) is 0 Å². The van der Waals surface area contributed by atoms with Gasteiger partial charge in [0.25, 0.3) is 0 Å². The summed E-state index contributed by atoms with van der Waals surface area (Å²) in [6.45, 7) is 3.67. The Balaban J connectivity index is 3.31. The van der Waals surface area contributed by atoms with Crippen LogP contribution in [-0.2, 0) is 47.7 Å². The van der Waals surface area contributed by atoms with Gasteiger partial charge in [0.2, 0.25) is 12.2 Å². The highest BCUT2D eigenvalue weighted by Gasteiger charge is 2.52. The van der Waals surface area contributed by atoms with Crippen LogP contribution < -0.4 is 11.1 Å². The Bertz CT molecular complexity index is 623. The summed E-state index contributed by atoms with van der Waals surface area (Å²) >= 11 is 0. The van der Waals surface area contributed by atoms with E-state index in [1.165, 1.54) is 0 Å². The van der Waals surface area contributed by atoms with Crippen molar-refractivity contribution >= 4 is 29.8 Å². The second-order valence-electron chi connectivity index (χ2n) is 5.90. The van der Waals surface area contributed by atoms with Gasteiger partial charge >= 0.3 is 23.9 Å². The van der Waals surface area contributed by atoms with E-state index in [1.54, 1.807) is 0 Å². The lowest BCUT2D eigenvalue weighted by atomic mass is 9.96. The fourth-order valence-electron chi connectivity index (χ4n) is 2.56. The van der Waals surface area contributed by atoms with Crippen molar-refractivity contribution in [1.29, 1.82) is 0 Å². The van der Waals surface area contributed by atoms with Crippen molar-refractivity contribution in [3.8, 4) is 0 Å². The van der Waals surface area contributed by atoms with Gasteiger partial charge in [-0.15, -0.1) is 0 Å². The van der Waals surface area contributed by atoms with Crippen molar-refractivity contribution in [2.45, 2.75) is 58.3 Å². The third-order valence-corrected chi connectivity index (χ3v) is 3.50. The van der Waals surface area contributed by atoms with Crippen LogP contribution in [0.3, 0.4) is 0 Å². The molecule has 158 valence electrons. The van der Waals surface area contributed by atoms with E-state index in [1.807, 2.05) is 0 Å². The summed E-state index contributed by atoms with van der Waals surface area (Å²) < 4.78 is 26.0. The summed E-state index contributed by atoms with van der Waals surface area (Å²) in [4.78, 5) is 57.6. The summed E-state index contributed by atoms with van der Waals surface area (Å²) in [5.41, 5.74) is 5.30. The second-order valence-corrected chi connectivity index (χ2v) is 5.90. The van der Waals surface area contributed by atoms with Crippen LogP contribution >= 0.6 is 0 Å². The average Bonchev–Trinajstić information content (AvgIpc) is 2.56. The molecular weight excluding hydrogens is 380 g/mol. The lowest BCUT2D eigenvalue weighted by Gasteiger charge is -2.44. The molecule has 5 atom stereocenters. The number of amides is 1. The van der Waals surface area contributed by atoms with Crippen LogP contribution in [0.25, 0.3) is 0 Å². The van der Waals surface area contributed by atoms with Crippen LogP contribution in [0.5, 0.6) is 0 Å². The fourth-order valence-corrected chi connectivity index (χ4v) is 2.56. The normalized spacial score (nSPS) is 26.5. The molecular formula is C16H24N2O10. The van der Waals surface area contributed by atoms with Crippen molar-refractivity contribution in [2.75, 3.05) is 13.2 Å². The van der Waals surface area contributed by atoms with Gasteiger partial charge in [0, 0.05) is 27.7 Å². The summed E-state index contributed by atoms with van der Waals surface area (Å²) in [6, 6.07) is -1.23. The average molecular weight is 404 g/mol. The molecule has 1 heterocycles. The molecule has 0 radical (unpaired) electrons. The topological polar surface area (TPSA) is 170 Å². The van der Waals surface area contributed by atoms with Crippen LogP contribution in [0.4, 0.5) is 0 Å². The lowest BCUT2D eigenvalue weighted by molar-refractivity contribution is -0.271. The van der Waals surface area contributed by atoms with Crippen LogP contribution in [0.1, 0.15) is 27.7 Å². The van der Waals surface area contributed by atoms with Crippen LogP contribution in [-0.4, -0.2) is 73.6 Å². The zero-order valence-corrected chi connectivity index (χ0v) is 16.0. The lowest BCUT2D eigenvalue weighted by Crippen LogP contribution is -2.67. The predicted octanol–water partition coefficient (Wildman–Crippen LogP) is -1.86. The Morgan fingerprint density at radius 1 is 0.857 bits per heavy atom. The number of hydrogen-bond acceptors (Lipinski definition) is 11. The molecule has 0 aromatic carbocycles.